The molecule has 0 aliphatic rings. The summed E-state index contributed by atoms with van der Waals surface area (Å²) in [6.45, 7) is 1.96. The monoisotopic (exact) mass is 379 g/mol. The van der Waals surface area contributed by atoms with Gasteiger partial charge in [0.25, 0.3) is 11.5 Å². The fourth-order valence-corrected chi connectivity index (χ4v) is 3.05. The first-order chi connectivity index (χ1) is 13.5. The first kappa shape index (κ1) is 19.6. The van der Waals surface area contributed by atoms with Crippen molar-refractivity contribution in [2.45, 2.75) is 6.54 Å². The molecule has 1 N–H and O–H groups in total. The van der Waals surface area contributed by atoms with Gasteiger partial charge in [0, 0.05) is 38.1 Å². The maximum absolute atomic E-state index is 12.1. The van der Waals surface area contributed by atoms with Gasteiger partial charge in [-0.05, 0) is 24.7 Å². The molecule has 6 heteroatoms. The van der Waals surface area contributed by atoms with Crippen molar-refractivity contribution >= 4 is 16.8 Å². The van der Waals surface area contributed by atoms with Gasteiger partial charge >= 0.3 is 0 Å². The van der Waals surface area contributed by atoms with E-state index in [1.165, 1.54) is 11.6 Å². The van der Waals surface area contributed by atoms with Crippen molar-refractivity contribution in [1.82, 2.24) is 14.8 Å². The number of pyridine rings is 1. The molecule has 0 saturated heterocycles. The first-order valence-electron chi connectivity index (χ1n) is 9.25. The number of hydrogen-bond donors (Lipinski definition) is 1. The number of ether oxygens (including phenoxy) is 1. The highest BCUT2D eigenvalue weighted by Crippen LogP contribution is 2.22. The summed E-state index contributed by atoms with van der Waals surface area (Å²) in [4.78, 5) is 26.3. The molecule has 0 unspecified atom stereocenters. The second-order valence-corrected chi connectivity index (χ2v) is 6.79. The molecule has 1 amide bonds. The summed E-state index contributed by atoms with van der Waals surface area (Å²) in [6, 6.07) is 19.1. The number of hydrogen-bond acceptors (Lipinski definition) is 4. The van der Waals surface area contributed by atoms with Crippen LogP contribution in [0.25, 0.3) is 10.9 Å². The van der Waals surface area contributed by atoms with Crippen LogP contribution < -0.4 is 15.6 Å². The summed E-state index contributed by atoms with van der Waals surface area (Å²) in [7, 11) is 3.73. The van der Waals surface area contributed by atoms with Crippen LogP contribution in [0.1, 0.15) is 5.56 Å². The number of aromatic nitrogens is 1. The molecule has 3 aromatic rings. The van der Waals surface area contributed by atoms with Gasteiger partial charge < -0.3 is 19.5 Å². The van der Waals surface area contributed by atoms with Gasteiger partial charge in [0.2, 0.25) is 0 Å². The Bertz CT molecular complexity index is 999. The number of likely N-dealkylation sites (N-methyl/N-ethyl adjacent to an activating group) is 1. The van der Waals surface area contributed by atoms with E-state index in [2.05, 4.69) is 22.3 Å². The molecule has 0 atom stereocenters. The molecule has 1 heterocycles. The summed E-state index contributed by atoms with van der Waals surface area (Å²) in [6.07, 6.45) is 0. The predicted molar refractivity (Wildman–Crippen MR) is 110 cm³/mol. The van der Waals surface area contributed by atoms with Crippen LogP contribution in [0.2, 0.25) is 0 Å². The van der Waals surface area contributed by atoms with Gasteiger partial charge in [0.05, 0.1) is 5.52 Å². The van der Waals surface area contributed by atoms with E-state index in [0.717, 1.165) is 24.0 Å². The van der Waals surface area contributed by atoms with E-state index in [1.807, 2.05) is 49.5 Å². The van der Waals surface area contributed by atoms with Crippen molar-refractivity contribution in [2.24, 2.45) is 7.05 Å². The Hall–Kier alpha value is -3.12. The summed E-state index contributed by atoms with van der Waals surface area (Å²) in [5.74, 6) is 0.216. The summed E-state index contributed by atoms with van der Waals surface area (Å²) in [5, 5.41) is 3.66. The molecular formula is C22H25N3O3. The Morgan fingerprint density at radius 1 is 1.11 bits per heavy atom. The number of para-hydroxylation sites is 1. The van der Waals surface area contributed by atoms with Crippen molar-refractivity contribution in [3.63, 3.8) is 0 Å². The number of carbonyl (C=O) groups is 1. The minimum absolute atomic E-state index is 0.125. The molecule has 0 fully saturated rings. The molecule has 0 saturated carbocycles. The van der Waals surface area contributed by atoms with E-state index >= 15 is 0 Å². The predicted octanol–water partition coefficient (Wildman–Crippen LogP) is 2.17. The van der Waals surface area contributed by atoms with Crippen LogP contribution in [0.15, 0.2) is 65.5 Å². The number of nitrogens with one attached hydrogen (secondary N) is 1. The number of aryl methyl sites for hydroxylation is 1. The maximum atomic E-state index is 12.1. The minimum atomic E-state index is -0.210. The number of benzene rings is 2. The molecular weight excluding hydrogens is 354 g/mol. The largest absolute Gasteiger partial charge is 0.483 e. The molecule has 0 aliphatic carbocycles. The van der Waals surface area contributed by atoms with Crippen LogP contribution >= 0.6 is 0 Å². The van der Waals surface area contributed by atoms with Gasteiger partial charge in [0.1, 0.15) is 5.75 Å². The van der Waals surface area contributed by atoms with Crippen molar-refractivity contribution < 1.29 is 9.53 Å². The first-order valence-corrected chi connectivity index (χ1v) is 9.25. The van der Waals surface area contributed by atoms with Crippen molar-refractivity contribution in [2.75, 3.05) is 26.7 Å². The minimum Gasteiger partial charge on any atom is -0.483 e. The Morgan fingerprint density at radius 2 is 1.82 bits per heavy atom. The number of fused-ring (bicyclic) bond motifs is 1. The second kappa shape index (κ2) is 9.19. The third-order valence-electron chi connectivity index (χ3n) is 4.59. The third kappa shape index (κ3) is 4.98. The average molecular weight is 379 g/mol. The Kier molecular flexibility index (Phi) is 6.45. The quantitative estimate of drug-likeness (QED) is 0.652. The lowest BCUT2D eigenvalue weighted by atomic mass is 10.2. The van der Waals surface area contributed by atoms with Gasteiger partial charge in [-0.1, -0.05) is 42.5 Å². The number of carbonyl (C=O) groups excluding carboxylic acids is 1. The molecule has 3 rings (SSSR count). The third-order valence-corrected chi connectivity index (χ3v) is 4.59. The van der Waals surface area contributed by atoms with E-state index in [-0.39, 0.29) is 18.1 Å². The molecule has 6 nitrogen and oxygen atoms in total. The van der Waals surface area contributed by atoms with E-state index in [1.54, 1.807) is 11.6 Å². The van der Waals surface area contributed by atoms with Crippen LogP contribution in [-0.4, -0.2) is 42.1 Å². The lowest BCUT2D eigenvalue weighted by Gasteiger charge is -2.17. The van der Waals surface area contributed by atoms with E-state index in [9.17, 15) is 9.59 Å². The molecule has 1 aromatic heterocycles. The standard InChI is InChI=1S/C22H25N3O3/c1-24(15-17-8-4-3-5-9-17)13-12-23-21(26)16-28-20-14-22(27)25(2)19-11-7-6-10-18(19)20/h3-11,14H,12-13,15-16H2,1-2H3,(H,23,26). The SMILES string of the molecule is CN(CCNC(=O)COc1cc(=O)n(C)c2ccccc12)Cc1ccccc1. The summed E-state index contributed by atoms with van der Waals surface area (Å²) >= 11 is 0. The van der Waals surface area contributed by atoms with Gasteiger partial charge in [-0.15, -0.1) is 0 Å². The lowest BCUT2D eigenvalue weighted by molar-refractivity contribution is -0.123. The molecule has 28 heavy (non-hydrogen) atoms. The highest BCUT2D eigenvalue weighted by Gasteiger charge is 2.09. The van der Waals surface area contributed by atoms with Crippen molar-refractivity contribution in [3.8, 4) is 5.75 Å². The smallest absolute Gasteiger partial charge is 0.257 e. The zero-order valence-electron chi connectivity index (χ0n) is 16.2. The van der Waals surface area contributed by atoms with Gasteiger partial charge in [-0.3, -0.25) is 9.59 Å². The highest BCUT2D eigenvalue weighted by molar-refractivity contribution is 5.86. The maximum Gasteiger partial charge on any atom is 0.257 e. The van der Waals surface area contributed by atoms with E-state index in [0.29, 0.717) is 12.3 Å². The Balaban J connectivity index is 1.49. The number of amides is 1. The second-order valence-electron chi connectivity index (χ2n) is 6.79. The van der Waals surface area contributed by atoms with Gasteiger partial charge in [-0.2, -0.15) is 0 Å². The molecule has 0 radical (unpaired) electrons. The zero-order chi connectivity index (χ0) is 19.9. The molecule has 0 aliphatic heterocycles. The van der Waals surface area contributed by atoms with Crippen LogP contribution in [-0.2, 0) is 18.4 Å². The van der Waals surface area contributed by atoms with Crippen molar-refractivity contribution in [1.29, 1.82) is 0 Å². The highest BCUT2D eigenvalue weighted by atomic mass is 16.5. The molecule has 0 bridgehead atoms. The lowest BCUT2D eigenvalue weighted by Crippen LogP contribution is -2.35. The van der Waals surface area contributed by atoms with E-state index in [4.69, 9.17) is 4.74 Å². The fourth-order valence-electron chi connectivity index (χ4n) is 3.05. The van der Waals surface area contributed by atoms with Crippen molar-refractivity contribution in [3.05, 3.63) is 76.6 Å². The molecule has 0 spiro atoms. The van der Waals surface area contributed by atoms with Crippen LogP contribution in [0.5, 0.6) is 5.75 Å². The molecule has 146 valence electrons. The van der Waals surface area contributed by atoms with Crippen LogP contribution in [0.4, 0.5) is 0 Å². The normalized spacial score (nSPS) is 11.0. The zero-order valence-corrected chi connectivity index (χ0v) is 16.2. The van der Waals surface area contributed by atoms with Gasteiger partial charge in [0.15, 0.2) is 6.61 Å². The van der Waals surface area contributed by atoms with Gasteiger partial charge in [-0.25, -0.2) is 0 Å². The van der Waals surface area contributed by atoms with Crippen LogP contribution in [0.3, 0.4) is 0 Å². The van der Waals surface area contributed by atoms with E-state index < -0.39 is 0 Å². The average Bonchev–Trinajstić information content (AvgIpc) is 2.70. The van der Waals surface area contributed by atoms with Crippen LogP contribution in [0, 0.1) is 0 Å². The molecule has 2 aromatic carbocycles. The number of rotatable bonds is 8. The fraction of sp³-hybridized carbons (Fsp3) is 0.273. The Labute approximate surface area is 164 Å². The topological polar surface area (TPSA) is 63.6 Å². The summed E-state index contributed by atoms with van der Waals surface area (Å²) < 4.78 is 7.19. The Morgan fingerprint density at radius 3 is 2.61 bits per heavy atom. The number of nitrogens with zero attached hydrogens (tertiary/aromatic N) is 2. The summed E-state index contributed by atoms with van der Waals surface area (Å²) in [5.41, 5.74) is 1.83.